The summed E-state index contributed by atoms with van der Waals surface area (Å²) in [6, 6.07) is 9.48. The zero-order valence-electron chi connectivity index (χ0n) is 16.9. The molecule has 7 nitrogen and oxygen atoms in total. The lowest BCUT2D eigenvalue weighted by atomic mass is 10.1. The van der Waals surface area contributed by atoms with Gasteiger partial charge in [0, 0.05) is 25.2 Å². The standard InChI is InChI=1S/C22H26N4O3/c1-26(14-20-18-6-4-3-5-7-19(18)23-24-20)22(27)21-13-16(25-29-21)12-15-8-10-17(28-2)11-9-15/h8-11,13H,3-7,12,14H2,1-2H3,(H,23,24). The summed E-state index contributed by atoms with van der Waals surface area (Å²) in [6.45, 7) is 0.458. The van der Waals surface area contributed by atoms with Gasteiger partial charge in [0.2, 0.25) is 5.76 Å². The molecule has 0 aliphatic heterocycles. The minimum Gasteiger partial charge on any atom is -0.497 e. The summed E-state index contributed by atoms with van der Waals surface area (Å²) >= 11 is 0. The van der Waals surface area contributed by atoms with Crippen LogP contribution in [0.2, 0.25) is 0 Å². The van der Waals surface area contributed by atoms with Gasteiger partial charge in [-0.2, -0.15) is 5.10 Å². The van der Waals surface area contributed by atoms with Gasteiger partial charge in [-0.15, -0.1) is 0 Å². The maximum atomic E-state index is 12.8. The second-order valence-corrected chi connectivity index (χ2v) is 7.56. The zero-order chi connectivity index (χ0) is 20.2. The number of benzene rings is 1. The van der Waals surface area contributed by atoms with Crippen molar-refractivity contribution in [1.29, 1.82) is 0 Å². The van der Waals surface area contributed by atoms with Crippen LogP contribution in [0.3, 0.4) is 0 Å². The Kier molecular flexibility index (Phi) is 5.64. The minimum absolute atomic E-state index is 0.191. The Labute approximate surface area is 170 Å². The molecule has 7 heteroatoms. The molecule has 0 radical (unpaired) electrons. The maximum absolute atomic E-state index is 12.8. The third-order valence-electron chi connectivity index (χ3n) is 5.44. The SMILES string of the molecule is COc1ccc(Cc2cc(C(=O)N(C)Cc3n[nH]c4c3CCCCC4)on2)cc1. The first-order chi connectivity index (χ1) is 14.1. The lowest BCUT2D eigenvalue weighted by Gasteiger charge is -2.14. The summed E-state index contributed by atoms with van der Waals surface area (Å²) in [5.74, 6) is 0.865. The van der Waals surface area contributed by atoms with Crippen LogP contribution in [0.25, 0.3) is 0 Å². The topological polar surface area (TPSA) is 84.2 Å². The van der Waals surface area contributed by atoms with E-state index >= 15 is 0 Å². The lowest BCUT2D eigenvalue weighted by Crippen LogP contribution is -2.26. The molecule has 1 amide bonds. The Bertz CT molecular complexity index is 974. The predicted molar refractivity (Wildman–Crippen MR) is 108 cm³/mol. The summed E-state index contributed by atoms with van der Waals surface area (Å²) in [5, 5.41) is 11.7. The van der Waals surface area contributed by atoms with E-state index < -0.39 is 0 Å². The second kappa shape index (κ2) is 8.51. The van der Waals surface area contributed by atoms with Gasteiger partial charge in [-0.1, -0.05) is 23.7 Å². The van der Waals surface area contributed by atoms with Crippen molar-refractivity contribution < 1.29 is 14.1 Å². The molecule has 0 saturated carbocycles. The molecular formula is C22H26N4O3. The van der Waals surface area contributed by atoms with E-state index in [-0.39, 0.29) is 11.7 Å². The molecule has 4 rings (SSSR count). The summed E-state index contributed by atoms with van der Waals surface area (Å²) in [7, 11) is 3.41. The maximum Gasteiger partial charge on any atom is 0.292 e. The van der Waals surface area contributed by atoms with Crippen molar-refractivity contribution >= 4 is 5.91 Å². The fraction of sp³-hybridized carbons (Fsp3) is 0.409. The molecule has 29 heavy (non-hydrogen) atoms. The number of aryl methyl sites for hydroxylation is 1. The molecule has 2 aromatic heterocycles. The number of aromatic nitrogens is 3. The van der Waals surface area contributed by atoms with Gasteiger partial charge in [-0.3, -0.25) is 9.89 Å². The highest BCUT2D eigenvalue weighted by Crippen LogP contribution is 2.23. The van der Waals surface area contributed by atoms with Crippen molar-refractivity contribution in [3.63, 3.8) is 0 Å². The third kappa shape index (κ3) is 4.34. The fourth-order valence-electron chi connectivity index (χ4n) is 3.79. The van der Waals surface area contributed by atoms with Gasteiger partial charge in [-0.25, -0.2) is 0 Å². The number of rotatable bonds is 6. The average Bonchev–Trinajstić information content (AvgIpc) is 3.28. The number of fused-ring (bicyclic) bond motifs is 1. The van der Waals surface area contributed by atoms with E-state index in [9.17, 15) is 4.79 Å². The predicted octanol–water partition coefficient (Wildman–Crippen LogP) is 3.54. The van der Waals surface area contributed by atoms with Crippen LogP contribution in [0.5, 0.6) is 5.75 Å². The van der Waals surface area contributed by atoms with Crippen molar-refractivity contribution in [2.75, 3.05) is 14.2 Å². The van der Waals surface area contributed by atoms with Gasteiger partial charge in [-0.05, 0) is 48.9 Å². The lowest BCUT2D eigenvalue weighted by molar-refractivity contribution is 0.0741. The zero-order valence-corrected chi connectivity index (χ0v) is 16.9. The van der Waals surface area contributed by atoms with Crippen LogP contribution < -0.4 is 4.74 Å². The van der Waals surface area contributed by atoms with E-state index in [0.717, 1.165) is 35.5 Å². The molecule has 0 spiro atoms. The number of methoxy groups -OCH3 is 1. The quantitative estimate of drug-likeness (QED) is 0.647. The molecule has 152 valence electrons. The van der Waals surface area contributed by atoms with Crippen LogP contribution in [-0.2, 0) is 25.8 Å². The molecule has 1 N–H and O–H groups in total. The Balaban J connectivity index is 1.41. The van der Waals surface area contributed by atoms with E-state index in [1.165, 1.54) is 30.5 Å². The van der Waals surface area contributed by atoms with Crippen molar-refractivity contribution in [2.45, 2.75) is 45.1 Å². The van der Waals surface area contributed by atoms with E-state index in [4.69, 9.17) is 9.26 Å². The van der Waals surface area contributed by atoms with Gasteiger partial charge in [0.1, 0.15) is 5.75 Å². The minimum atomic E-state index is -0.191. The Morgan fingerprint density at radius 3 is 2.79 bits per heavy atom. The number of H-pyrrole nitrogens is 1. The fourth-order valence-corrected chi connectivity index (χ4v) is 3.79. The number of hydrogen-bond acceptors (Lipinski definition) is 5. The smallest absolute Gasteiger partial charge is 0.292 e. The molecule has 0 atom stereocenters. The number of hydrogen-bond donors (Lipinski definition) is 1. The van der Waals surface area contributed by atoms with Gasteiger partial charge in [0.25, 0.3) is 5.91 Å². The molecular weight excluding hydrogens is 368 g/mol. The number of aromatic amines is 1. The van der Waals surface area contributed by atoms with Crippen molar-refractivity contribution in [3.8, 4) is 5.75 Å². The molecule has 0 unspecified atom stereocenters. The van der Waals surface area contributed by atoms with E-state index in [1.807, 2.05) is 24.3 Å². The van der Waals surface area contributed by atoms with Crippen molar-refractivity contribution in [1.82, 2.24) is 20.3 Å². The highest BCUT2D eigenvalue weighted by Gasteiger charge is 2.22. The van der Waals surface area contributed by atoms with Gasteiger partial charge < -0.3 is 14.2 Å². The Morgan fingerprint density at radius 2 is 2.00 bits per heavy atom. The number of carbonyl (C=O) groups excluding carboxylic acids is 1. The molecule has 0 fully saturated rings. The summed E-state index contributed by atoms with van der Waals surface area (Å²) in [6.07, 6.45) is 6.27. The first-order valence-corrected chi connectivity index (χ1v) is 10.0. The third-order valence-corrected chi connectivity index (χ3v) is 5.44. The summed E-state index contributed by atoms with van der Waals surface area (Å²) in [4.78, 5) is 14.4. The second-order valence-electron chi connectivity index (χ2n) is 7.56. The number of ether oxygens (including phenoxy) is 1. The largest absolute Gasteiger partial charge is 0.497 e. The van der Waals surface area contributed by atoms with Crippen LogP contribution in [0.1, 0.15) is 58.0 Å². The van der Waals surface area contributed by atoms with Gasteiger partial charge in [0.15, 0.2) is 0 Å². The van der Waals surface area contributed by atoms with Crippen LogP contribution in [-0.4, -0.2) is 40.3 Å². The van der Waals surface area contributed by atoms with Crippen LogP contribution >= 0.6 is 0 Å². The molecule has 1 aliphatic rings. The highest BCUT2D eigenvalue weighted by molar-refractivity contribution is 5.91. The first kappa shape index (κ1) is 19.2. The molecule has 3 aromatic rings. The monoisotopic (exact) mass is 394 g/mol. The van der Waals surface area contributed by atoms with Crippen LogP contribution in [0.4, 0.5) is 0 Å². The number of amides is 1. The van der Waals surface area contributed by atoms with Crippen LogP contribution in [0.15, 0.2) is 34.9 Å². The van der Waals surface area contributed by atoms with Crippen molar-refractivity contribution in [2.24, 2.45) is 0 Å². The first-order valence-electron chi connectivity index (χ1n) is 10.0. The Hall–Kier alpha value is -3.09. The normalized spacial score (nSPS) is 13.6. The van der Waals surface area contributed by atoms with Crippen molar-refractivity contribution in [3.05, 3.63) is 64.3 Å². The summed E-state index contributed by atoms with van der Waals surface area (Å²) in [5.41, 5.74) is 5.25. The number of carbonyl (C=O) groups is 1. The molecule has 1 aromatic carbocycles. The number of nitrogens with zero attached hydrogens (tertiary/aromatic N) is 3. The average molecular weight is 394 g/mol. The molecule has 0 bridgehead atoms. The molecule has 0 saturated heterocycles. The Morgan fingerprint density at radius 1 is 1.21 bits per heavy atom. The van der Waals surface area contributed by atoms with Crippen LogP contribution in [0, 0.1) is 0 Å². The van der Waals surface area contributed by atoms with E-state index in [0.29, 0.717) is 13.0 Å². The van der Waals surface area contributed by atoms with E-state index in [1.54, 1.807) is 25.1 Å². The summed E-state index contributed by atoms with van der Waals surface area (Å²) < 4.78 is 10.5. The molecule has 2 heterocycles. The highest BCUT2D eigenvalue weighted by atomic mass is 16.5. The van der Waals surface area contributed by atoms with Gasteiger partial charge >= 0.3 is 0 Å². The molecule has 1 aliphatic carbocycles. The number of nitrogens with one attached hydrogen (secondary N) is 1. The van der Waals surface area contributed by atoms with E-state index in [2.05, 4.69) is 15.4 Å². The van der Waals surface area contributed by atoms with Gasteiger partial charge in [0.05, 0.1) is 25.0 Å².